The lowest BCUT2D eigenvalue weighted by Gasteiger charge is -2.28. The third-order valence-corrected chi connectivity index (χ3v) is 4.62. The topological polar surface area (TPSA) is 59.1 Å². The van der Waals surface area contributed by atoms with Crippen molar-refractivity contribution < 1.29 is 4.74 Å². The molecule has 21 heavy (non-hydrogen) atoms. The molecular weight excluding hydrogens is 284 g/mol. The van der Waals surface area contributed by atoms with E-state index in [-0.39, 0.29) is 0 Å². The molecule has 2 N–H and O–H groups in total. The zero-order chi connectivity index (χ0) is 14.8. The number of nitrogens with one attached hydrogen (secondary N) is 2. The Hall–Kier alpha value is -1.40. The highest BCUT2D eigenvalue weighted by Gasteiger charge is 2.21. The van der Waals surface area contributed by atoms with Gasteiger partial charge in [-0.1, -0.05) is 0 Å². The molecule has 0 aliphatic carbocycles. The normalized spacial score (nSPS) is 22.4. The Bertz CT molecular complexity index is 627. The molecule has 1 saturated heterocycles. The predicted molar refractivity (Wildman–Crippen MR) is 88.4 cm³/mol. The monoisotopic (exact) mass is 306 g/mol. The second kappa shape index (κ2) is 6.15. The van der Waals surface area contributed by atoms with Gasteiger partial charge in [0.2, 0.25) is 5.95 Å². The zero-order valence-corrected chi connectivity index (χ0v) is 13.6. The first-order valence-corrected chi connectivity index (χ1v) is 8.37. The number of rotatable bonds is 4. The van der Waals surface area contributed by atoms with Crippen LogP contribution < -0.4 is 10.6 Å². The average molecular weight is 306 g/mol. The van der Waals surface area contributed by atoms with E-state index < -0.39 is 0 Å². The minimum atomic E-state index is 0.311. The van der Waals surface area contributed by atoms with Crippen LogP contribution in [0.4, 0.5) is 11.8 Å². The van der Waals surface area contributed by atoms with Crippen molar-refractivity contribution >= 4 is 33.3 Å². The van der Waals surface area contributed by atoms with Crippen molar-refractivity contribution in [1.29, 1.82) is 0 Å². The lowest BCUT2D eigenvalue weighted by Crippen LogP contribution is -2.32. The van der Waals surface area contributed by atoms with Crippen LogP contribution in [0.2, 0.25) is 0 Å². The summed E-state index contributed by atoms with van der Waals surface area (Å²) in [4.78, 5) is 11.5. The van der Waals surface area contributed by atoms with Gasteiger partial charge in [0, 0.05) is 24.1 Å². The van der Waals surface area contributed by atoms with Crippen molar-refractivity contribution in [3.8, 4) is 0 Å². The van der Waals surface area contributed by atoms with E-state index in [1.165, 1.54) is 4.88 Å². The van der Waals surface area contributed by atoms with Crippen LogP contribution in [-0.4, -0.2) is 35.3 Å². The standard InChI is InChI=1S/C15H22N4OS/c1-4-16-15-18-13(12-8-10(3)21-14(12)19-15)17-11-5-6-20-9(2)7-11/h8-9,11H,4-7H2,1-3H3,(H2,16,17,18,19). The number of aromatic nitrogens is 2. The van der Waals surface area contributed by atoms with E-state index in [1.54, 1.807) is 11.3 Å². The van der Waals surface area contributed by atoms with Crippen molar-refractivity contribution in [2.24, 2.45) is 0 Å². The molecule has 1 aliphatic rings. The van der Waals surface area contributed by atoms with E-state index in [9.17, 15) is 0 Å². The van der Waals surface area contributed by atoms with Crippen molar-refractivity contribution in [2.75, 3.05) is 23.8 Å². The Morgan fingerprint density at radius 1 is 1.43 bits per heavy atom. The molecule has 0 saturated carbocycles. The van der Waals surface area contributed by atoms with Gasteiger partial charge in [-0.15, -0.1) is 11.3 Å². The fourth-order valence-corrected chi connectivity index (χ4v) is 3.59. The van der Waals surface area contributed by atoms with Crippen molar-refractivity contribution in [2.45, 2.75) is 45.8 Å². The number of nitrogens with zero attached hydrogens (tertiary/aromatic N) is 2. The second-order valence-corrected chi connectivity index (χ2v) is 6.78. The van der Waals surface area contributed by atoms with E-state index in [4.69, 9.17) is 4.74 Å². The van der Waals surface area contributed by atoms with Crippen LogP contribution in [0.15, 0.2) is 6.07 Å². The Labute approximate surface area is 129 Å². The van der Waals surface area contributed by atoms with Crippen LogP contribution in [0, 0.1) is 6.92 Å². The van der Waals surface area contributed by atoms with Crippen LogP contribution in [0.25, 0.3) is 10.2 Å². The molecule has 2 aromatic heterocycles. The highest BCUT2D eigenvalue weighted by molar-refractivity contribution is 7.18. The van der Waals surface area contributed by atoms with Gasteiger partial charge in [-0.25, -0.2) is 4.98 Å². The SMILES string of the molecule is CCNc1nc(NC2CCOC(C)C2)c2cc(C)sc2n1. The quantitative estimate of drug-likeness (QED) is 0.906. The summed E-state index contributed by atoms with van der Waals surface area (Å²) in [6, 6.07) is 2.59. The molecule has 2 aromatic rings. The van der Waals surface area contributed by atoms with Crippen LogP contribution in [0.3, 0.4) is 0 Å². The van der Waals surface area contributed by atoms with Crippen molar-refractivity contribution in [3.05, 3.63) is 10.9 Å². The summed E-state index contributed by atoms with van der Waals surface area (Å²) < 4.78 is 5.62. The summed E-state index contributed by atoms with van der Waals surface area (Å²) in [5.41, 5.74) is 0. The largest absolute Gasteiger partial charge is 0.378 e. The van der Waals surface area contributed by atoms with Crippen LogP contribution in [0.5, 0.6) is 0 Å². The van der Waals surface area contributed by atoms with E-state index in [0.29, 0.717) is 18.1 Å². The smallest absolute Gasteiger partial charge is 0.226 e. The first-order chi connectivity index (χ1) is 10.2. The lowest BCUT2D eigenvalue weighted by molar-refractivity contribution is 0.0232. The maximum Gasteiger partial charge on any atom is 0.226 e. The molecule has 3 rings (SSSR count). The fraction of sp³-hybridized carbons (Fsp3) is 0.600. The van der Waals surface area contributed by atoms with Crippen LogP contribution >= 0.6 is 11.3 Å². The van der Waals surface area contributed by atoms with Gasteiger partial charge < -0.3 is 15.4 Å². The van der Waals surface area contributed by atoms with Crippen LogP contribution in [0.1, 0.15) is 31.6 Å². The number of fused-ring (bicyclic) bond motifs is 1. The number of thiophene rings is 1. The van der Waals surface area contributed by atoms with Crippen molar-refractivity contribution in [1.82, 2.24) is 9.97 Å². The van der Waals surface area contributed by atoms with E-state index >= 15 is 0 Å². The minimum absolute atomic E-state index is 0.311. The number of ether oxygens (including phenoxy) is 1. The van der Waals surface area contributed by atoms with Gasteiger partial charge in [-0.2, -0.15) is 4.98 Å². The number of hydrogen-bond donors (Lipinski definition) is 2. The Morgan fingerprint density at radius 2 is 2.29 bits per heavy atom. The summed E-state index contributed by atoms with van der Waals surface area (Å²) in [5, 5.41) is 7.94. The molecule has 6 heteroatoms. The molecule has 3 heterocycles. The number of hydrogen-bond acceptors (Lipinski definition) is 6. The van der Waals surface area contributed by atoms with Gasteiger partial charge in [0.15, 0.2) is 0 Å². The molecule has 2 atom stereocenters. The highest BCUT2D eigenvalue weighted by atomic mass is 32.1. The van der Waals surface area contributed by atoms with Gasteiger partial charge in [0.25, 0.3) is 0 Å². The molecule has 0 amide bonds. The van der Waals surface area contributed by atoms with E-state index in [1.807, 2.05) is 0 Å². The predicted octanol–water partition coefficient (Wildman–Crippen LogP) is 3.41. The van der Waals surface area contributed by atoms with Crippen LogP contribution in [-0.2, 0) is 4.74 Å². The van der Waals surface area contributed by atoms with Gasteiger partial charge in [-0.3, -0.25) is 0 Å². The molecule has 1 fully saturated rings. The second-order valence-electron chi connectivity index (χ2n) is 5.55. The molecular formula is C15H22N4OS. The minimum Gasteiger partial charge on any atom is -0.378 e. The molecule has 0 spiro atoms. The summed E-state index contributed by atoms with van der Waals surface area (Å²) >= 11 is 1.71. The van der Waals surface area contributed by atoms with Gasteiger partial charge in [0.05, 0.1) is 11.5 Å². The lowest BCUT2D eigenvalue weighted by atomic mass is 10.0. The summed E-state index contributed by atoms with van der Waals surface area (Å²) in [6.45, 7) is 7.93. The van der Waals surface area contributed by atoms with E-state index in [2.05, 4.69) is 47.4 Å². The fourth-order valence-electron chi connectivity index (χ4n) is 2.71. The molecule has 114 valence electrons. The maximum atomic E-state index is 5.62. The summed E-state index contributed by atoms with van der Waals surface area (Å²) in [5.74, 6) is 1.65. The highest BCUT2D eigenvalue weighted by Crippen LogP contribution is 2.31. The van der Waals surface area contributed by atoms with Gasteiger partial charge in [-0.05, 0) is 39.7 Å². The molecule has 5 nitrogen and oxygen atoms in total. The molecule has 1 aliphatic heterocycles. The summed E-state index contributed by atoms with van der Waals surface area (Å²) in [6.07, 6.45) is 2.35. The first-order valence-electron chi connectivity index (χ1n) is 7.56. The first kappa shape index (κ1) is 14.5. The Morgan fingerprint density at radius 3 is 3.05 bits per heavy atom. The average Bonchev–Trinajstić information content (AvgIpc) is 2.80. The molecule has 0 aromatic carbocycles. The van der Waals surface area contributed by atoms with E-state index in [0.717, 1.165) is 42.0 Å². The van der Waals surface area contributed by atoms with Gasteiger partial charge >= 0.3 is 0 Å². The molecule has 2 unspecified atom stereocenters. The third kappa shape index (κ3) is 3.27. The van der Waals surface area contributed by atoms with Crippen molar-refractivity contribution in [3.63, 3.8) is 0 Å². The maximum absolute atomic E-state index is 5.62. The zero-order valence-electron chi connectivity index (χ0n) is 12.8. The Balaban J connectivity index is 1.91. The summed E-state index contributed by atoms with van der Waals surface area (Å²) in [7, 11) is 0. The molecule has 0 bridgehead atoms. The molecule has 0 radical (unpaired) electrons. The number of aryl methyl sites for hydroxylation is 1. The third-order valence-electron chi connectivity index (χ3n) is 3.68. The Kier molecular flexibility index (Phi) is 4.26. The number of anilines is 2. The van der Waals surface area contributed by atoms with Gasteiger partial charge in [0.1, 0.15) is 10.6 Å².